The lowest BCUT2D eigenvalue weighted by Gasteiger charge is -2.32. The maximum Gasteiger partial charge on any atom is 0.119 e. The number of rotatable bonds is 5. The van der Waals surface area contributed by atoms with Crippen LogP contribution in [0.25, 0.3) is 0 Å². The number of benzene rings is 1. The molecule has 1 unspecified atom stereocenters. The van der Waals surface area contributed by atoms with Gasteiger partial charge in [0.1, 0.15) is 5.75 Å². The van der Waals surface area contributed by atoms with Gasteiger partial charge in [0.15, 0.2) is 0 Å². The molecule has 1 aromatic carbocycles. The Morgan fingerprint density at radius 1 is 1.39 bits per heavy atom. The van der Waals surface area contributed by atoms with Crippen LogP contribution in [0.3, 0.4) is 0 Å². The minimum Gasteiger partial charge on any atom is -0.497 e. The average molecular weight is 248 g/mol. The third-order valence-electron chi connectivity index (χ3n) is 3.95. The van der Waals surface area contributed by atoms with Gasteiger partial charge in [-0.1, -0.05) is 6.07 Å². The molecule has 0 aliphatic heterocycles. The first-order valence-corrected chi connectivity index (χ1v) is 6.80. The zero-order valence-corrected chi connectivity index (χ0v) is 11.5. The molecule has 1 aromatic rings. The summed E-state index contributed by atoms with van der Waals surface area (Å²) in [5.41, 5.74) is 8.51. The van der Waals surface area contributed by atoms with Crippen LogP contribution in [0.4, 0.5) is 0 Å². The van der Waals surface area contributed by atoms with Gasteiger partial charge in [-0.05, 0) is 69.1 Å². The van der Waals surface area contributed by atoms with Crippen LogP contribution >= 0.6 is 0 Å². The number of fused-ring (bicyclic) bond motifs is 1. The fraction of sp³-hybridized carbons (Fsp3) is 0.600. The number of hydrogen-bond acceptors (Lipinski definition) is 3. The molecule has 0 spiro atoms. The summed E-state index contributed by atoms with van der Waals surface area (Å²) in [4.78, 5) is 2.45. The Morgan fingerprint density at radius 3 is 2.94 bits per heavy atom. The summed E-state index contributed by atoms with van der Waals surface area (Å²) in [6.45, 7) is 1.88. The van der Waals surface area contributed by atoms with E-state index < -0.39 is 0 Å². The monoisotopic (exact) mass is 248 g/mol. The second-order valence-electron chi connectivity index (χ2n) is 5.15. The van der Waals surface area contributed by atoms with Crippen molar-refractivity contribution in [3.63, 3.8) is 0 Å². The van der Waals surface area contributed by atoms with Crippen molar-refractivity contribution in [3.8, 4) is 5.75 Å². The Morgan fingerprint density at radius 2 is 2.22 bits per heavy atom. The number of ether oxygens (including phenoxy) is 1. The molecule has 2 rings (SSSR count). The van der Waals surface area contributed by atoms with E-state index in [0.717, 1.165) is 31.7 Å². The number of aryl methyl sites for hydroxylation is 1. The topological polar surface area (TPSA) is 38.5 Å². The maximum atomic E-state index is 5.58. The van der Waals surface area contributed by atoms with Crippen LogP contribution in [0.1, 0.15) is 24.0 Å². The summed E-state index contributed by atoms with van der Waals surface area (Å²) in [5.74, 6) is 0.971. The average Bonchev–Trinajstić information content (AvgIpc) is 2.43. The minimum absolute atomic E-state index is 0.649. The Balaban J connectivity index is 2.03. The number of hydrogen-bond donors (Lipinski definition) is 1. The maximum absolute atomic E-state index is 5.58. The molecule has 100 valence electrons. The lowest BCUT2D eigenvalue weighted by molar-refractivity contribution is 0.220. The molecule has 2 N–H and O–H groups in total. The molecule has 0 amide bonds. The predicted molar refractivity (Wildman–Crippen MR) is 75.1 cm³/mol. The van der Waals surface area contributed by atoms with E-state index in [1.165, 1.54) is 24.0 Å². The zero-order chi connectivity index (χ0) is 13.0. The molecule has 0 bridgehead atoms. The lowest BCUT2D eigenvalue weighted by atomic mass is 9.87. The summed E-state index contributed by atoms with van der Waals surface area (Å²) >= 11 is 0. The highest BCUT2D eigenvalue weighted by atomic mass is 16.5. The fourth-order valence-electron chi connectivity index (χ4n) is 2.74. The minimum atomic E-state index is 0.649. The normalized spacial score (nSPS) is 18.8. The van der Waals surface area contributed by atoms with Crippen LogP contribution in [-0.4, -0.2) is 38.2 Å². The van der Waals surface area contributed by atoms with Gasteiger partial charge in [-0.25, -0.2) is 0 Å². The smallest absolute Gasteiger partial charge is 0.119 e. The van der Waals surface area contributed by atoms with Crippen molar-refractivity contribution in [2.45, 2.75) is 31.7 Å². The largest absolute Gasteiger partial charge is 0.497 e. The van der Waals surface area contributed by atoms with E-state index in [1.54, 1.807) is 7.11 Å². The van der Waals surface area contributed by atoms with Crippen LogP contribution < -0.4 is 10.5 Å². The molecule has 0 fully saturated rings. The molecule has 18 heavy (non-hydrogen) atoms. The van der Waals surface area contributed by atoms with E-state index in [0.29, 0.717) is 6.04 Å². The van der Waals surface area contributed by atoms with Gasteiger partial charge in [0.05, 0.1) is 7.11 Å². The van der Waals surface area contributed by atoms with Crippen molar-refractivity contribution in [2.75, 3.05) is 27.2 Å². The molecule has 0 heterocycles. The van der Waals surface area contributed by atoms with Crippen LogP contribution in [0.15, 0.2) is 18.2 Å². The highest BCUT2D eigenvalue weighted by Gasteiger charge is 2.21. The van der Waals surface area contributed by atoms with Gasteiger partial charge in [-0.2, -0.15) is 0 Å². The molecule has 0 radical (unpaired) electrons. The second-order valence-corrected chi connectivity index (χ2v) is 5.15. The summed E-state index contributed by atoms with van der Waals surface area (Å²) < 4.78 is 5.31. The molecule has 0 saturated carbocycles. The molecular formula is C15H24N2O. The van der Waals surface area contributed by atoms with E-state index in [9.17, 15) is 0 Å². The van der Waals surface area contributed by atoms with Crippen molar-refractivity contribution in [1.82, 2.24) is 4.90 Å². The van der Waals surface area contributed by atoms with E-state index in [4.69, 9.17) is 10.5 Å². The molecule has 0 saturated heterocycles. The van der Waals surface area contributed by atoms with E-state index in [-0.39, 0.29) is 0 Å². The molecule has 1 aliphatic carbocycles. The molecule has 1 atom stereocenters. The Kier molecular flexibility index (Phi) is 4.61. The van der Waals surface area contributed by atoms with Crippen molar-refractivity contribution in [2.24, 2.45) is 5.73 Å². The van der Waals surface area contributed by atoms with Crippen molar-refractivity contribution in [3.05, 3.63) is 29.3 Å². The van der Waals surface area contributed by atoms with Gasteiger partial charge < -0.3 is 15.4 Å². The van der Waals surface area contributed by atoms with Gasteiger partial charge in [0.25, 0.3) is 0 Å². The Labute approximate surface area is 110 Å². The van der Waals surface area contributed by atoms with Crippen LogP contribution in [0.2, 0.25) is 0 Å². The molecule has 0 aromatic heterocycles. The standard InChI is InChI=1S/C15H24N2O/c1-17(9-3-8-16)14-6-4-12-5-7-15(18-2)11-13(12)10-14/h5,7,11,14H,3-4,6,8-10,16H2,1-2H3. The predicted octanol–water partition coefficient (Wildman–Crippen LogP) is 1.83. The van der Waals surface area contributed by atoms with Crippen LogP contribution in [0.5, 0.6) is 5.75 Å². The van der Waals surface area contributed by atoms with Gasteiger partial charge >= 0.3 is 0 Å². The highest BCUT2D eigenvalue weighted by Crippen LogP contribution is 2.27. The summed E-state index contributed by atoms with van der Waals surface area (Å²) in [5, 5.41) is 0. The van der Waals surface area contributed by atoms with Gasteiger partial charge in [-0.15, -0.1) is 0 Å². The Bertz CT molecular complexity index is 392. The molecule has 3 heteroatoms. The number of nitrogens with two attached hydrogens (primary N) is 1. The van der Waals surface area contributed by atoms with Crippen LogP contribution in [-0.2, 0) is 12.8 Å². The Hall–Kier alpha value is -1.06. The molecule has 1 aliphatic rings. The van der Waals surface area contributed by atoms with Gasteiger partial charge in [0, 0.05) is 6.04 Å². The third-order valence-corrected chi connectivity index (χ3v) is 3.95. The highest BCUT2D eigenvalue weighted by molar-refractivity contribution is 5.37. The first-order chi connectivity index (χ1) is 8.74. The molecule has 3 nitrogen and oxygen atoms in total. The quantitative estimate of drug-likeness (QED) is 0.864. The zero-order valence-electron chi connectivity index (χ0n) is 11.5. The third kappa shape index (κ3) is 3.03. The van der Waals surface area contributed by atoms with Gasteiger partial charge in [0.2, 0.25) is 0 Å². The lowest BCUT2D eigenvalue weighted by Crippen LogP contribution is -2.37. The number of nitrogens with zero attached hydrogens (tertiary/aromatic N) is 1. The SMILES string of the molecule is COc1ccc2c(c1)CC(N(C)CCCN)CC2. The fourth-order valence-corrected chi connectivity index (χ4v) is 2.74. The first-order valence-electron chi connectivity index (χ1n) is 6.80. The number of methoxy groups -OCH3 is 1. The first kappa shape index (κ1) is 13.4. The van der Waals surface area contributed by atoms with E-state index >= 15 is 0 Å². The van der Waals surface area contributed by atoms with E-state index in [1.807, 2.05) is 0 Å². The summed E-state index contributed by atoms with van der Waals surface area (Å²) in [7, 11) is 3.95. The summed E-state index contributed by atoms with van der Waals surface area (Å²) in [6, 6.07) is 7.12. The second kappa shape index (κ2) is 6.21. The van der Waals surface area contributed by atoms with Crippen LogP contribution in [0, 0.1) is 0 Å². The van der Waals surface area contributed by atoms with Gasteiger partial charge in [-0.3, -0.25) is 0 Å². The molecular weight excluding hydrogens is 224 g/mol. The van der Waals surface area contributed by atoms with Crippen molar-refractivity contribution < 1.29 is 4.74 Å². The summed E-state index contributed by atoms with van der Waals surface area (Å²) in [6.07, 6.45) is 4.64. The van der Waals surface area contributed by atoms with Crippen molar-refractivity contribution >= 4 is 0 Å². The van der Waals surface area contributed by atoms with Crippen molar-refractivity contribution in [1.29, 1.82) is 0 Å². The number of likely N-dealkylation sites (N-methyl/N-ethyl adjacent to an activating group) is 1. The van der Waals surface area contributed by atoms with E-state index in [2.05, 4.69) is 30.1 Å².